The molecule has 1 N–H and O–H groups in total. The number of hydrogen-bond donors (Lipinski definition) is 1. The van der Waals surface area contributed by atoms with Gasteiger partial charge in [0.05, 0.1) is 0 Å². The molecule has 0 bridgehead atoms. The maximum atomic E-state index is 12.4. The van der Waals surface area contributed by atoms with Crippen molar-refractivity contribution in [1.82, 2.24) is 5.32 Å². The van der Waals surface area contributed by atoms with Crippen LogP contribution >= 0.6 is 0 Å². The van der Waals surface area contributed by atoms with Gasteiger partial charge < -0.3 is 10.1 Å². The van der Waals surface area contributed by atoms with Crippen molar-refractivity contribution in [1.29, 1.82) is 0 Å². The number of carbonyl (C=O) groups excluding carboxylic acids is 1. The topological polar surface area (TPSA) is 41.6 Å². The summed E-state index contributed by atoms with van der Waals surface area (Å²) in [6.07, 6.45) is 2.20. The van der Waals surface area contributed by atoms with Gasteiger partial charge in [-0.3, -0.25) is 4.90 Å². The summed E-state index contributed by atoms with van der Waals surface area (Å²) in [7, 11) is 0. The molecule has 0 radical (unpaired) electrons. The average Bonchev–Trinajstić information content (AvgIpc) is 2.57. The largest absolute Gasteiger partial charge is 0.473 e. The van der Waals surface area contributed by atoms with E-state index in [0.717, 1.165) is 29.8 Å². The number of rotatable bonds is 7. The van der Waals surface area contributed by atoms with E-state index in [1.165, 1.54) is 5.56 Å². The first-order valence-electron chi connectivity index (χ1n) is 8.47. The molecule has 2 aromatic rings. The van der Waals surface area contributed by atoms with Crippen LogP contribution in [0.25, 0.3) is 0 Å². The van der Waals surface area contributed by atoms with E-state index < -0.39 is 0 Å². The maximum Gasteiger partial charge on any atom is 0.324 e. The molecule has 2 aromatic carbocycles. The van der Waals surface area contributed by atoms with E-state index in [4.69, 9.17) is 4.74 Å². The van der Waals surface area contributed by atoms with Crippen LogP contribution in [0.15, 0.2) is 48.5 Å². The van der Waals surface area contributed by atoms with E-state index in [2.05, 4.69) is 24.4 Å². The highest BCUT2D eigenvalue weighted by atomic mass is 16.5. The van der Waals surface area contributed by atoms with Gasteiger partial charge in [0.2, 0.25) is 0 Å². The van der Waals surface area contributed by atoms with Crippen molar-refractivity contribution in [2.24, 2.45) is 0 Å². The number of ether oxygens (including phenoxy) is 1. The van der Waals surface area contributed by atoms with Gasteiger partial charge >= 0.3 is 6.03 Å². The minimum Gasteiger partial charge on any atom is -0.473 e. The average molecular weight is 326 g/mol. The number of benzene rings is 2. The molecule has 0 aliphatic rings. The van der Waals surface area contributed by atoms with Crippen molar-refractivity contribution in [2.75, 3.05) is 18.2 Å². The van der Waals surface area contributed by atoms with E-state index >= 15 is 0 Å². The van der Waals surface area contributed by atoms with E-state index in [1.54, 1.807) is 4.90 Å². The van der Waals surface area contributed by atoms with Gasteiger partial charge in [-0.2, -0.15) is 0 Å². The first kappa shape index (κ1) is 17.9. The normalized spacial score (nSPS) is 10.3. The summed E-state index contributed by atoms with van der Waals surface area (Å²) >= 11 is 0. The molecule has 0 spiro atoms. The summed E-state index contributed by atoms with van der Waals surface area (Å²) in [4.78, 5) is 14.0. The standard InChI is InChI=1S/C20H26N2O2/c1-4-7-17-10-12-19(13-11-17)24-15-21-20(23)22(5-2)18-9-6-8-16(3)14-18/h6,8-14H,4-5,7,15H2,1-3H3,(H,21,23). The van der Waals surface area contributed by atoms with Crippen molar-refractivity contribution < 1.29 is 9.53 Å². The van der Waals surface area contributed by atoms with Crippen molar-refractivity contribution in [3.05, 3.63) is 59.7 Å². The fourth-order valence-electron chi connectivity index (χ4n) is 2.56. The SMILES string of the molecule is CCCc1ccc(OCNC(=O)N(CC)c2cccc(C)c2)cc1. The molecule has 0 aromatic heterocycles. The lowest BCUT2D eigenvalue weighted by Crippen LogP contribution is -2.41. The molecule has 4 heteroatoms. The summed E-state index contributed by atoms with van der Waals surface area (Å²) in [5.74, 6) is 0.758. The lowest BCUT2D eigenvalue weighted by atomic mass is 10.1. The Labute approximate surface area is 144 Å². The zero-order valence-corrected chi connectivity index (χ0v) is 14.7. The monoisotopic (exact) mass is 326 g/mol. The number of aryl methyl sites for hydroxylation is 2. The van der Waals surface area contributed by atoms with Gasteiger partial charge in [0.15, 0.2) is 6.73 Å². The third kappa shape index (κ3) is 5.01. The van der Waals surface area contributed by atoms with Gasteiger partial charge in [0.25, 0.3) is 0 Å². The Morgan fingerprint density at radius 2 is 1.88 bits per heavy atom. The summed E-state index contributed by atoms with van der Waals surface area (Å²) in [5, 5.41) is 2.80. The Hall–Kier alpha value is -2.49. The molecule has 2 rings (SSSR count). The summed E-state index contributed by atoms with van der Waals surface area (Å²) in [6.45, 7) is 6.87. The molecule has 0 aliphatic heterocycles. The minimum absolute atomic E-state index is 0.147. The van der Waals surface area contributed by atoms with E-state index in [1.807, 2.05) is 50.2 Å². The molecule has 0 unspecified atom stereocenters. The Morgan fingerprint density at radius 1 is 1.12 bits per heavy atom. The Kier molecular flexibility index (Phi) is 6.67. The van der Waals surface area contributed by atoms with Crippen molar-refractivity contribution in [3.8, 4) is 5.75 Å². The van der Waals surface area contributed by atoms with Crippen LogP contribution in [0.2, 0.25) is 0 Å². The molecule has 0 aliphatic carbocycles. The van der Waals surface area contributed by atoms with Gasteiger partial charge in [0, 0.05) is 12.2 Å². The molecular weight excluding hydrogens is 300 g/mol. The van der Waals surface area contributed by atoms with E-state index in [-0.39, 0.29) is 12.8 Å². The molecule has 0 saturated carbocycles. The molecule has 128 valence electrons. The van der Waals surface area contributed by atoms with Crippen LogP contribution in [0.3, 0.4) is 0 Å². The van der Waals surface area contributed by atoms with E-state index in [9.17, 15) is 4.79 Å². The van der Waals surface area contributed by atoms with Gasteiger partial charge in [-0.05, 0) is 55.7 Å². The second-order valence-electron chi connectivity index (χ2n) is 5.75. The predicted molar refractivity (Wildman–Crippen MR) is 98.7 cm³/mol. The molecule has 0 saturated heterocycles. The molecule has 2 amide bonds. The fourth-order valence-corrected chi connectivity index (χ4v) is 2.56. The van der Waals surface area contributed by atoms with Crippen molar-refractivity contribution >= 4 is 11.7 Å². The van der Waals surface area contributed by atoms with Crippen LogP contribution < -0.4 is 15.0 Å². The highest BCUT2D eigenvalue weighted by molar-refractivity contribution is 5.91. The van der Waals surface area contributed by atoms with Crippen LogP contribution in [-0.2, 0) is 6.42 Å². The summed E-state index contributed by atoms with van der Waals surface area (Å²) in [5.41, 5.74) is 3.31. The van der Waals surface area contributed by atoms with Crippen LogP contribution in [0, 0.1) is 6.92 Å². The molecule has 4 nitrogen and oxygen atoms in total. The zero-order chi connectivity index (χ0) is 17.4. The maximum absolute atomic E-state index is 12.4. The van der Waals surface area contributed by atoms with Crippen molar-refractivity contribution in [2.45, 2.75) is 33.6 Å². The first-order chi connectivity index (χ1) is 11.6. The van der Waals surface area contributed by atoms with Gasteiger partial charge in [-0.15, -0.1) is 0 Å². The Morgan fingerprint density at radius 3 is 2.50 bits per heavy atom. The van der Waals surface area contributed by atoms with Crippen LogP contribution in [-0.4, -0.2) is 19.3 Å². The van der Waals surface area contributed by atoms with Crippen LogP contribution in [0.5, 0.6) is 5.75 Å². The minimum atomic E-state index is -0.161. The number of carbonyl (C=O) groups is 1. The van der Waals surface area contributed by atoms with Crippen LogP contribution in [0.1, 0.15) is 31.4 Å². The highest BCUT2D eigenvalue weighted by Crippen LogP contribution is 2.16. The lowest BCUT2D eigenvalue weighted by Gasteiger charge is -2.22. The number of nitrogens with one attached hydrogen (secondary N) is 1. The number of anilines is 1. The fraction of sp³-hybridized carbons (Fsp3) is 0.350. The third-order valence-electron chi connectivity index (χ3n) is 3.80. The highest BCUT2D eigenvalue weighted by Gasteiger charge is 2.13. The zero-order valence-electron chi connectivity index (χ0n) is 14.7. The Bertz CT molecular complexity index is 653. The molecule has 0 fully saturated rings. The predicted octanol–water partition coefficient (Wildman–Crippen LogP) is 4.52. The lowest BCUT2D eigenvalue weighted by molar-refractivity contribution is 0.229. The van der Waals surface area contributed by atoms with Crippen LogP contribution in [0.4, 0.5) is 10.5 Å². The number of hydrogen-bond acceptors (Lipinski definition) is 2. The Balaban J connectivity index is 1.87. The number of urea groups is 1. The molecule has 0 heterocycles. The quantitative estimate of drug-likeness (QED) is 0.760. The first-order valence-corrected chi connectivity index (χ1v) is 8.47. The summed E-state index contributed by atoms with van der Waals surface area (Å²) in [6, 6.07) is 15.7. The van der Waals surface area contributed by atoms with Gasteiger partial charge in [-0.1, -0.05) is 37.6 Å². The smallest absolute Gasteiger partial charge is 0.324 e. The van der Waals surface area contributed by atoms with Gasteiger partial charge in [0.1, 0.15) is 5.75 Å². The summed E-state index contributed by atoms with van der Waals surface area (Å²) < 4.78 is 5.61. The number of amides is 2. The second kappa shape index (κ2) is 8.96. The third-order valence-corrected chi connectivity index (χ3v) is 3.80. The van der Waals surface area contributed by atoms with Gasteiger partial charge in [-0.25, -0.2) is 4.79 Å². The second-order valence-corrected chi connectivity index (χ2v) is 5.75. The number of nitrogens with zero attached hydrogens (tertiary/aromatic N) is 1. The van der Waals surface area contributed by atoms with E-state index in [0.29, 0.717) is 6.54 Å². The molecule has 24 heavy (non-hydrogen) atoms. The molecular formula is C20H26N2O2. The molecule has 0 atom stereocenters. The van der Waals surface area contributed by atoms with Crippen molar-refractivity contribution in [3.63, 3.8) is 0 Å².